The molecule has 7 nitrogen and oxygen atoms in total. The molecule has 0 aliphatic rings. The van der Waals surface area contributed by atoms with E-state index in [9.17, 15) is 18.0 Å². The number of hydrogen-bond acceptors (Lipinski definition) is 5. The number of H-pyrrole nitrogens is 1. The minimum Gasteiger partial charge on any atom is -0.406 e. The molecule has 10 heteroatoms. The van der Waals surface area contributed by atoms with Crippen LogP contribution in [0.4, 0.5) is 13.2 Å². The van der Waals surface area contributed by atoms with Crippen LogP contribution in [0.15, 0.2) is 35.3 Å². The number of aromatic nitrogens is 4. The van der Waals surface area contributed by atoms with Crippen molar-refractivity contribution in [3.05, 3.63) is 40.9 Å². The molecule has 138 valence electrons. The van der Waals surface area contributed by atoms with Crippen LogP contribution in [0.25, 0.3) is 22.6 Å². The maximum absolute atomic E-state index is 12.2. The number of aromatic amines is 1. The lowest BCUT2D eigenvalue weighted by Crippen LogP contribution is -2.18. The van der Waals surface area contributed by atoms with Gasteiger partial charge in [-0.05, 0) is 30.7 Å². The predicted molar refractivity (Wildman–Crippen MR) is 86.8 cm³/mol. The van der Waals surface area contributed by atoms with Crippen LogP contribution in [-0.2, 0) is 11.3 Å². The van der Waals surface area contributed by atoms with Crippen molar-refractivity contribution >= 4 is 11.3 Å². The van der Waals surface area contributed by atoms with E-state index in [0.717, 1.165) is 0 Å². The van der Waals surface area contributed by atoms with Crippen LogP contribution in [0.5, 0.6) is 5.75 Å². The molecule has 0 atom stereocenters. The van der Waals surface area contributed by atoms with Gasteiger partial charge in [0, 0.05) is 25.8 Å². The first-order chi connectivity index (χ1) is 12.4. The average molecular weight is 368 g/mol. The number of methoxy groups -OCH3 is 1. The third-order valence-electron chi connectivity index (χ3n) is 3.59. The van der Waals surface area contributed by atoms with Crippen molar-refractivity contribution in [3.63, 3.8) is 0 Å². The highest BCUT2D eigenvalue weighted by atomic mass is 19.4. The Balaban J connectivity index is 1.90. The van der Waals surface area contributed by atoms with Crippen molar-refractivity contribution in [3.8, 4) is 17.0 Å². The molecule has 0 radical (unpaired) electrons. The topological polar surface area (TPSA) is 82.0 Å². The summed E-state index contributed by atoms with van der Waals surface area (Å²) in [5.74, 6) is -0.326. The summed E-state index contributed by atoms with van der Waals surface area (Å²) in [6.45, 7) is 0.899. The Morgan fingerprint density at radius 1 is 1.23 bits per heavy atom. The molecule has 0 aliphatic carbocycles. The lowest BCUT2D eigenvalue weighted by atomic mass is 10.1. The van der Waals surface area contributed by atoms with Crippen molar-refractivity contribution < 1.29 is 22.6 Å². The van der Waals surface area contributed by atoms with E-state index in [4.69, 9.17) is 4.74 Å². The van der Waals surface area contributed by atoms with Crippen LogP contribution < -0.4 is 10.4 Å². The van der Waals surface area contributed by atoms with Crippen molar-refractivity contribution in [1.82, 2.24) is 19.5 Å². The fourth-order valence-electron chi connectivity index (χ4n) is 2.46. The Morgan fingerprint density at radius 2 is 1.96 bits per heavy atom. The SMILES string of the molecule is COCCCn1c(=O)[nH]c2ncc(-c3ccc(OC(F)(F)F)cc3)nc21. The van der Waals surface area contributed by atoms with Crippen LogP contribution in [-0.4, -0.2) is 39.6 Å². The average Bonchev–Trinajstić information content (AvgIpc) is 2.89. The molecule has 0 unspecified atom stereocenters. The lowest BCUT2D eigenvalue weighted by molar-refractivity contribution is -0.274. The van der Waals surface area contributed by atoms with Gasteiger partial charge in [-0.1, -0.05) is 0 Å². The number of halogens is 3. The molecule has 0 aliphatic heterocycles. The van der Waals surface area contributed by atoms with Gasteiger partial charge >= 0.3 is 12.1 Å². The Kier molecular flexibility index (Phi) is 4.94. The molecule has 2 aromatic heterocycles. The summed E-state index contributed by atoms with van der Waals surface area (Å²) in [6, 6.07) is 5.27. The highest BCUT2D eigenvalue weighted by Gasteiger charge is 2.31. The van der Waals surface area contributed by atoms with Gasteiger partial charge in [0.05, 0.1) is 11.9 Å². The van der Waals surface area contributed by atoms with Crippen LogP contribution in [0.1, 0.15) is 6.42 Å². The Morgan fingerprint density at radius 3 is 2.62 bits per heavy atom. The van der Waals surface area contributed by atoms with Gasteiger partial charge < -0.3 is 9.47 Å². The molecule has 0 fully saturated rings. The molecule has 0 spiro atoms. The predicted octanol–water partition coefficient (Wildman–Crippen LogP) is 2.72. The largest absolute Gasteiger partial charge is 0.573 e. The number of rotatable bonds is 6. The van der Waals surface area contributed by atoms with Gasteiger partial charge in [0.1, 0.15) is 5.75 Å². The van der Waals surface area contributed by atoms with Crippen LogP contribution in [0, 0.1) is 0 Å². The lowest BCUT2D eigenvalue weighted by Gasteiger charge is -2.09. The quantitative estimate of drug-likeness (QED) is 0.677. The van der Waals surface area contributed by atoms with E-state index in [1.807, 2.05) is 0 Å². The van der Waals surface area contributed by atoms with E-state index in [-0.39, 0.29) is 11.4 Å². The maximum atomic E-state index is 12.2. The number of alkyl halides is 3. The first kappa shape index (κ1) is 17.9. The second kappa shape index (κ2) is 7.16. The molecule has 0 amide bonds. The molecule has 3 aromatic rings. The number of aryl methyl sites for hydroxylation is 1. The van der Waals surface area contributed by atoms with Gasteiger partial charge in [0.2, 0.25) is 0 Å². The van der Waals surface area contributed by atoms with E-state index in [0.29, 0.717) is 42.1 Å². The highest BCUT2D eigenvalue weighted by Crippen LogP contribution is 2.26. The fraction of sp³-hybridized carbons (Fsp3) is 0.312. The minimum absolute atomic E-state index is 0.326. The van der Waals surface area contributed by atoms with E-state index in [1.54, 1.807) is 7.11 Å². The van der Waals surface area contributed by atoms with E-state index < -0.39 is 6.36 Å². The molecule has 2 heterocycles. The van der Waals surface area contributed by atoms with Gasteiger partial charge in [0.15, 0.2) is 11.3 Å². The third kappa shape index (κ3) is 4.02. The zero-order chi connectivity index (χ0) is 18.7. The van der Waals surface area contributed by atoms with Crippen LogP contribution in [0.3, 0.4) is 0 Å². The normalized spacial score (nSPS) is 11.8. The third-order valence-corrected chi connectivity index (χ3v) is 3.59. The number of ether oxygens (including phenoxy) is 2. The number of nitrogens with zero attached hydrogens (tertiary/aromatic N) is 3. The Hall–Kier alpha value is -2.88. The second-order valence-corrected chi connectivity index (χ2v) is 5.43. The fourth-order valence-corrected chi connectivity index (χ4v) is 2.46. The zero-order valence-corrected chi connectivity index (χ0v) is 13.7. The van der Waals surface area contributed by atoms with Gasteiger partial charge in [-0.3, -0.25) is 9.55 Å². The molecule has 1 N–H and O–H groups in total. The van der Waals surface area contributed by atoms with Gasteiger partial charge in [0.25, 0.3) is 0 Å². The summed E-state index contributed by atoms with van der Waals surface area (Å²) in [4.78, 5) is 23.2. The molecular weight excluding hydrogens is 353 g/mol. The number of hydrogen-bond donors (Lipinski definition) is 1. The number of nitrogens with one attached hydrogen (secondary N) is 1. The minimum atomic E-state index is -4.75. The first-order valence-corrected chi connectivity index (χ1v) is 7.68. The molecule has 0 bridgehead atoms. The van der Waals surface area contributed by atoms with Crippen molar-refractivity contribution in [2.75, 3.05) is 13.7 Å². The second-order valence-electron chi connectivity index (χ2n) is 5.43. The van der Waals surface area contributed by atoms with Gasteiger partial charge in [-0.15, -0.1) is 13.2 Å². The van der Waals surface area contributed by atoms with Crippen molar-refractivity contribution in [2.24, 2.45) is 0 Å². The Labute approximate surface area is 145 Å². The molecule has 1 aromatic carbocycles. The van der Waals surface area contributed by atoms with Gasteiger partial charge in [-0.25, -0.2) is 14.8 Å². The number of imidazole rings is 1. The summed E-state index contributed by atoms with van der Waals surface area (Å²) in [5.41, 5.74) is 1.36. The van der Waals surface area contributed by atoms with E-state index in [1.165, 1.54) is 35.0 Å². The summed E-state index contributed by atoms with van der Waals surface area (Å²) >= 11 is 0. The first-order valence-electron chi connectivity index (χ1n) is 7.68. The number of benzene rings is 1. The van der Waals surface area contributed by atoms with Crippen molar-refractivity contribution in [1.29, 1.82) is 0 Å². The standard InChI is InChI=1S/C16H15F3N4O3/c1-25-8-2-7-23-14-13(22-15(23)24)20-9-12(21-14)10-3-5-11(6-4-10)26-16(17,18)19/h3-6,9H,2,7-8H2,1H3,(H,20,22,24). The molecule has 3 rings (SSSR count). The van der Waals surface area contributed by atoms with E-state index >= 15 is 0 Å². The van der Waals surface area contributed by atoms with Gasteiger partial charge in [-0.2, -0.15) is 0 Å². The van der Waals surface area contributed by atoms with Crippen LogP contribution >= 0.6 is 0 Å². The number of fused-ring (bicyclic) bond motifs is 1. The summed E-state index contributed by atoms with van der Waals surface area (Å²) in [7, 11) is 1.57. The summed E-state index contributed by atoms with van der Waals surface area (Å²) in [5, 5.41) is 0. The smallest absolute Gasteiger partial charge is 0.406 e. The van der Waals surface area contributed by atoms with Crippen LogP contribution in [0.2, 0.25) is 0 Å². The molecular formula is C16H15F3N4O3. The Bertz CT molecular complexity index is 948. The van der Waals surface area contributed by atoms with Crippen molar-refractivity contribution in [2.45, 2.75) is 19.3 Å². The summed E-state index contributed by atoms with van der Waals surface area (Å²) in [6.07, 6.45) is -2.68. The molecule has 0 saturated carbocycles. The zero-order valence-electron chi connectivity index (χ0n) is 13.7. The summed E-state index contributed by atoms with van der Waals surface area (Å²) < 4.78 is 46.9. The molecule has 26 heavy (non-hydrogen) atoms. The molecule has 0 saturated heterocycles. The highest BCUT2D eigenvalue weighted by molar-refractivity contribution is 5.71. The maximum Gasteiger partial charge on any atom is 0.573 e. The monoisotopic (exact) mass is 368 g/mol. The van der Waals surface area contributed by atoms with E-state index in [2.05, 4.69) is 19.7 Å².